The average Bonchev–Trinajstić information content (AvgIpc) is 2.75. The van der Waals surface area contributed by atoms with Crippen molar-refractivity contribution in [2.45, 2.75) is 0 Å². The van der Waals surface area contributed by atoms with Crippen molar-refractivity contribution in [3.63, 3.8) is 0 Å². The molecule has 0 aliphatic heterocycles. The van der Waals surface area contributed by atoms with Crippen molar-refractivity contribution in [2.75, 3.05) is 0 Å². The van der Waals surface area contributed by atoms with E-state index in [0.717, 1.165) is 11.1 Å². The first-order chi connectivity index (χ1) is 8.24. The number of nitrogens with zero attached hydrogens (tertiary/aromatic N) is 1. The fourth-order valence-electron chi connectivity index (χ4n) is 1.63. The molecular formula is C13H7Cl2NO. The molecule has 2 nitrogen and oxygen atoms in total. The van der Waals surface area contributed by atoms with Crippen LogP contribution in [0.5, 0.6) is 0 Å². The quantitative estimate of drug-likeness (QED) is 0.630. The Morgan fingerprint density at radius 1 is 0.941 bits per heavy atom. The maximum absolute atomic E-state index is 6.03. The van der Waals surface area contributed by atoms with Crippen LogP contribution in [0.1, 0.15) is 0 Å². The highest BCUT2D eigenvalue weighted by atomic mass is 35.5. The summed E-state index contributed by atoms with van der Waals surface area (Å²) in [5.41, 5.74) is 2.24. The van der Waals surface area contributed by atoms with Crippen LogP contribution in [0.4, 0.5) is 0 Å². The lowest BCUT2D eigenvalue weighted by molar-refractivity contribution is 0.620. The summed E-state index contributed by atoms with van der Waals surface area (Å²) in [6.45, 7) is 0. The number of rotatable bonds is 1. The summed E-state index contributed by atoms with van der Waals surface area (Å²) in [5.74, 6) is 0.546. The molecule has 2 aromatic carbocycles. The molecule has 84 valence electrons. The van der Waals surface area contributed by atoms with Crippen LogP contribution < -0.4 is 0 Å². The van der Waals surface area contributed by atoms with Gasteiger partial charge in [0, 0.05) is 10.6 Å². The van der Waals surface area contributed by atoms with Crippen molar-refractivity contribution in [1.82, 2.24) is 4.98 Å². The van der Waals surface area contributed by atoms with E-state index in [2.05, 4.69) is 4.98 Å². The first kappa shape index (κ1) is 10.6. The maximum Gasteiger partial charge on any atom is 0.227 e. The second kappa shape index (κ2) is 4.06. The summed E-state index contributed by atoms with van der Waals surface area (Å²) in [7, 11) is 0. The van der Waals surface area contributed by atoms with E-state index in [-0.39, 0.29) is 0 Å². The normalized spacial score (nSPS) is 10.9. The fourth-order valence-corrected chi connectivity index (χ4v) is 1.97. The molecule has 1 heterocycles. The van der Waals surface area contributed by atoms with Gasteiger partial charge in [-0.15, -0.1) is 0 Å². The van der Waals surface area contributed by atoms with E-state index in [4.69, 9.17) is 27.6 Å². The molecule has 3 aromatic rings. The van der Waals surface area contributed by atoms with Gasteiger partial charge in [0.1, 0.15) is 5.52 Å². The minimum Gasteiger partial charge on any atom is -0.435 e. The fraction of sp³-hybridized carbons (Fsp3) is 0. The molecule has 0 saturated carbocycles. The van der Waals surface area contributed by atoms with Crippen molar-refractivity contribution in [3.05, 3.63) is 52.5 Å². The number of benzene rings is 2. The summed E-state index contributed by atoms with van der Waals surface area (Å²) in [4.78, 5) is 4.38. The molecule has 0 spiro atoms. The molecule has 0 atom stereocenters. The average molecular weight is 264 g/mol. The molecule has 0 N–H and O–H groups in total. The standard InChI is InChI=1S/C13H7Cl2NO/c14-9-6-4-8(5-7-9)13-16-11-3-1-2-10(15)12(11)17-13/h1-7H. The Morgan fingerprint density at radius 3 is 2.41 bits per heavy atom. The number of halogens is 2. The van der Waals surface area contributed by atoms with E-state index in [1.807, 2.05) is 24.3 Å². The van der Waals surface area contributed by atoms with Gasteiger partial charge in [0.05, 0.1) is 5.02 Å². The highest BCUT2D eigenvalue weighted by Gasteiger charge is 2.10. The summed E-state index contributed by atoms with van der Waals surface area (Å²) in [6.07, 6.45) is 0. The largest absolute Gasteiger partial charge is 0.435 e. The Labute approximate surface area is 108 Å². The molecular weight excluding hydrogens is 257 g/mol. The number of para-hydroxylation sites is 1. The SMILES string of the molecule is Clc1ccc(-c2nc3cccc(Cl)c3o2)cc1. The molecule has 0 unspecified atom stereocenters. The molecule has 0 amide bonds. The third kappa shape index (κ3) is 1.90. The van der Waals surface area contributed by atoms with Crippen LogP contribution in [0.15, 0.2) is 46.9 Å². The van der Waals surface area contributed by atoms with Crippen LogP contribution in [-0.4, -0.2) is 4.98 Å². The van der Waals surface area contributed by atoms with Crippen molar-refractivity contribution in [3.8, 4) is 11.5 Å². The summed E-state index contributed by atoms with van der Waals surface area (Å²) < 4.78 is 5.64. The van der Waals surface area contributed by atoms with Crippen LogP contribution >= 0.6 is 23.2 Å². The van der Waals surface area contributed by atoms with Gasteiger partial charge in [0.25, 0.3) is 0 Å². The van der Waals surface area contributed by atoms with Crippen molar-refractivity contribution >= 4 is 34.3 Å². The molecule has 0 saturated heterocycles. The van der Waals surface area contributed by atoms with Crippen LogP contribution in [0.25, 0.3) is 22.6 Å². The van der Waals surface area contributed by atoms with Gasteiger partial charge in [-0.3, -0.25) is 0 Å². The van der Waals surface area contributed by atoms with Crippen molar-refractivity contribution in [1.29, 1.82) is 0 Å². The summed E-state index contributed by atoms with van der Waals surface area (Å²) in [5, 5.41) is 1.25. The zero-order valence-corrected chi connectivity index (χ0v) is 10.2. The summed E-state index contributed by atoms with van der Waals surface area (Å²) in [6, 6.07) is 12.8. The molecule has 0 fully saturated rings. The van der Waals surface area contributed by atoms with E-state index in [0.29, 0.717) is 21.5 Å². The summed E-state index contributed by atoms with van der Waals surface area (Å²) >= 11 is 11.9. The number of oxazole rings is 1. The maximum atomic E-state index is 6.03. The Kier molecular flexibility index (Phi) is 2.54. The van der Waals surface area contributed by atoms with Gasteiger partial charge >= 0.3 is 0 Å². The molecule has 0 aliphatic carbocycles. The molecule has 17 heavy (non-hydrogen) atoms. The third-order valence-corrected chi connectivity index (χ3v) is 3.01. The zero-order chi connectivity index (χ0) is 11.8. The first-order valence-electron chi connectivity index (χ1n) is 5.05. The van der Waals surface area contributed by atoms with Crippen LogP contribution in [0, 0.1) is 0 Å². The van der Waals surface area contributed by atoms with Gasteiger partial charge in [-0.1, -0.05) is 29.3 Å². The van der Waals surface area contributed by atoms with E-state index in [1.165, 1.54) is 0 Å². The minimum atomic E-state index is 0.546. The number of aromatic nitrogens is 1. The molecule has 4 heteroatoms. The Hall–Kier alpha value is -1.51. The lowest BCUT2D eigenvalue weighted by atomic mass is 10.2. The second-order valence-electron chi connectivity index (χ2n) is 3.61. The smallest absolute Gasteiger partial charge is 0.227 e. The number of hydrogen-bond donors (Lipinski definition) is 0. The molecule has 0 aliphatic rings. The van der Waals surface area contributed by atoms with E-state index < -0.39 is 0 Å². The minimum absolute atomic E-state index is 0.546. The first-order valence-corrected chi connectivity index (χ1v) is 5.80. The molecule has 1 aromatic heterocycles. The van der Waals surface area contributed by atoms with Gasteiger partial charge in [0.2, 0.25) is 5.89 Å². The predicted molar refractivity (Wildman–Crippen MR) is 69.5 cm³/mol. The van der Waals surface area contributed by atoms with Crippen LogP contribution in [0.2, 0.25) is 10.0 Å². The lowest BCUT2D eigenvalue weighted by Gasteiger charge is -1.94. The van der Waals surface area contributed by atoms with Gasteiger partial charge < -0.3 is 4.42 Å². The van der Waals surface area contributed by atoms with E-state index in [9.17, 15) is 0 Å². The Balaban J connectivity index is 2.18. The third-order valence-electron chi connectivity index (χ3n) is 2.46. The molecule has 3 rings (SSSR count). The van der Waals surface area contributed by atoms with E-state index in [1.54, 1.807) is 18.2 Å². The van der Waals surface area contributed by atoms with Crippen molar-refractivity contribution in [2.24, 2.45) is 0 Å². The highest BCUT2D eigenvalue weighted by Crippen LogP contribution is 2.29. The monoisotopic (exact) mass is 263 g/mol. The predicted octanol–water partition coefficient (Wildman–Crippen LogP) is 4.80. The topological polar surface area (TPSA) is 26.0 Å². The van der Waals surface area contributed by atoms with Crippen LogP contribution in [-0.2, 0) is 0 Å². The van der Waals surface area contributed by atoms with Gasteiger partial charge in [-0.25, -0.2) is 4.98 Å². The second-order valence-corrected chi connectivity index (χ2v) is 4.46. The van der Waals surface area contributed by atoms with E-state index >= 15 is 0 Å². The highest BCUT2D eigenvalue weighted by molar-refractivity contribution is 6.34. The van der Waals surface area contributed by atoms with Gasteiger partial charge in [0.15, 0.2) is 5.58 Å². The molecule has 0 bridgehead atoms. The lowest BCUT2D eigenvalue weighted by Crippen LogP contribution is -1.75. The van der Waals surface area contributed by atoms with Gasteiger partial charge in [-0.2, -0.15) is 0 Å². The number of hydrogen-bond acceptors (Lipinski definition) is 2. The van der Waals surface area contributed by atoms with Gasteiger partial charge in [-0.05, 0) is 36.4 Å². The Morgan fingerprint density at radius 2 is 1.71 bits per heavy atom. The number of fused-ring (bicyclic) bond motifs is 1. The van der Waals surface area contributed by atoms with Crippen molar-refractivity contribution < 1.29 is 4.42 Å². The van der Waals surface area contributed by atoms with Crippen LogP contribution in [0.3, 0.4) is 0 Å². The Bertz CT molecular complexity index is 673. The molecule has 0 radical (unpaired) electrons. The zero-order valence-electron chi connectivity index (χ0n) is 8.65.